The average molecular weight is 235 g/mol. The first-order valence-corrected chi connectivity index (χ1v) is 6.32. The zero-order valence-corrected chi connectivity index (χ0v) is 10.4. The Morgan fingerprint density at radius 3 is 2.88 bits per heavy atom. The van der Waals surface area contributed by atoms with Crippen LogP contribution in [0, 0.1) is 12.8 Å². The van der Waals surface area contributed by atoms with Crippen LogP contribution in [0.25, 0.3) is 0 Å². The standard InChI is InChI=1S/C14H21NO2/c1-11-2-3-14(16)13(8-11)10-15-9-12-4-6-17-7-5-12/h2-3,8,12,15-16H,4-7,9-10H2,1H3. The smallest absolute Gasteiger partial charge is 0.120 e. The van der Waals surface area contributed by atoms with Crippen molar-refractivity contribution in [3.05, 3.63) is 29.3 Å². The molecule has 1 heterocycles. The highest BCUT2D eigenvalue weighted by atomic mass is 16.5. The van der Waals surface area contributed by atoms with Crippen LogP contribution in [0.15, 0.2) is 18.2 Å². The van der Waals surface area contributed by atoms with E-state index in [9.17, 15) is 5.11 Å². The highest BCUT2D eigenvalue weighted by molar-refractivity contribution is 5.35. The van der Waals surface area contributed by atoms with E-state index in [1.165, 1.54) is 5.56 Å². The van der Waals surface area contributed by atoms with E-state index in [-0.39, 0.29) is 0 Å². The lowest BCUT2D eigenvalue weighted by molar-refractivity contribution is 0.0662. The van der Waals surface area contributed by atoms with Crippen LogP contribution in [0.2, 0.25) is 0 Å². The molecule has 1 fully saturated rings. The van der Waals surface area contributed by atoms with E-state index in [1.54, 1.807) is 6.07 Å². The maximum absolute atomic E-state index is 9.71. The van der Waals surface area contributed by atoms with Crippen molar-refractivity contribution in [1.29, 1.82) is 0 Å². The van der Waals surface area contributed by atoms with Gasteiger partial charge >= 0.3 is 0 Å². The van der Waals surface area contributed by atoms with Gasteiger partial charge in [0.2, 0.25) is 0 Å². The van der Waals surface area contributed by atoms with Crippen molar-refractivity contribution in [2.24, 2.45) is 5.92 Å². The molecule has 2 N–H and O–H groups in total. The summed E-state index contributed by atoms with van der Waals surface area (Å²) in [6.07, 6.45) is 2.29. The second-order valence-corrected chi connectivity index (χ2v) is 4.82. The Hall–Kier alpha value is -1.06. The van der Waals surface area contributed by atoms with Gasteiger partial charge in [0.15, 0.2) is 0 Å². The van der Waals surface area contributed by atoms with Gasteiger partial charge in [-0.3, -0.25) is 0 Å². The molecule has 1 aliphatic rings. The quantitative estimate of drug-likeness (QED) is 0.840. The number of phenolic OH excluding ortho intramolecular Hbond substituents is 1. The number of nitrogens with one attached hydrogen (secondary N) is 1. The van der Waals surface area contributed by atoms with Crippen molar-refractivity contribution >= 4 is 0 Å². The van der Waals surface area contributed by atoms with Crippen molar-refractivity contribution < 1.29 is 9.84 Å². The fourth-order valence-electron chi connectivity index (χ4n) is 2.22. The van der Waals surface area contributed by atoms with Gasteiger partial charge in [-0.25, -0.2) is 0 Å². The fourth-order valence-corrected chi connectivity index (χ4v) is 2.22. The molecule has 0 aromatic heterocycles. The number of aromatic hydroxyl groups is 1. The SMILES string of the molecule is Cc1ccc(O)c(CNCC2CCOCC2)c1. The summed E-state index contributed by atoms with van der Waals surface area (Å²) < 4.78 is 5.33. The molecular formula is C14H21NO2. The Bertz CT molecular complexity index is 359. The van der Waals surface area contributed by atoms with Gasteiger partial charge < -0.3 is 15.2 Å². The molecule has 17 heavy (non-hydrogen) atoms. The summed E-state index contributed by atoms with van der Waals surface area (Å²) in [5.74, 6) is 1.10. The molecule has 0 amide bonds. The van der Waals surface area contributed by atoms with Gasteiger partial charge in [-0.05, 0) is 38.3 Å². The molecule has 1 saturated heterocycles. The van der Waals surface area contributed by atoms with Crippen LogP contribution >= 0.6 is 0 Å². The lowest BCUT2D eigenvalue weighted by Crippen LogP contribution is -2.27. The summed E-state index contributed by atoms with van der Waals surface area (Å²) in [6, 6.07) is 5.73. The number of benzene rings is 1. The zero-order valence-electron chi connectivity index (χ0n) is 10.4. The molecule has 0 saturated carbocycles. The molecule has 1 aliphatic heterocycles. The molecular weight excluding hydrogens is 214 g/mol. The predicted molar refractivity (Wildman–Crippen MR) is 68.1 cm³/mol. The lowest BCUT2D eigenvalue weighted by Gasteiger charge is -2.22. The van der Waals surface area contributed by atoms with E-state index >= 15 is 0 Å². The largest absolute Gasteiger partial charge is 0.508 e. The highest BCUT2D eigenvalue weighted by Gasteiger charge is 2.13. The molecule has 1 aromatic carbocycles. The van der Waals surface area contributed by atoms with Crippen LogP contribution in [-0.2, 0) is 11.3 Å². The molecule has 0 aliphatic carbocycles. The minimum absolute atomic E-state index is 0.384. The predicted octanol–water partition coefficient (Wildman–Crippen LogP) is 2.22. The second-order valence-electron chi connectivity index (χ2n) is 4.82. The van der Waals surface area contributed by atoms with E-state index in [0.29, 0.717) is 5.75 Å². The second kappa shape index (κ2) is 6.03. The molecule has 0 bridgehead atoms. The summed E-state index contributed by atoms with van der Waals surface area (Å²) in [5.41, 5.74) is 2.17. The van der Waals surface area contributed by atoms with Crippen molar-refractivity contribution in [1.82, 2.24) is 5.32 Å². The minimum atomic E-state index is 0.384. The first-order valence-electron chi connectivity index (χ1n) is 6.32. The molecule has 2 rings (SSSR count). The zero-order chi connectivity index (χ0) is 12.1. The van der Waals surface area contributed by atoms with Crippen molar-refractivity contribution in [2.75, 3.05) is 19.8 Å². The molecule has 3 heteroatoms. The van der Waals surface area contributed by atoms with E-state index in [1.807, 2.05) is 19.1 Å². The van der Waals surface area contributed by atoms with Crippen LogP contribution < -0.4 is 5.32 Å². The van der Waals surface area contributed by atoms with Crippen LogP contribution in [0.3, 0.4) is 0 Å². The van der Waals surface area contributed by atoms with Gasteiger partial charge in [0.25, 0.3) is 0 Å². The molecule has 1 aromatic rings. The highest BCUT2D eigenvalue weighted by Crippen LogP contribution is 2.18. The van der Waals surface area contributed by atoms with Gasteiger partial charge in [-0.1, -0.05) is 17.7 Å². The Labute approximate surface area is 103 Å². The Morgan fingerprint density at radius 2 is 2.12 bits per heavy atom. The van der Waals surface area contributed by atoms with Gasteiger partial charge in [-0.15, -0.1) is 0 Å². The van der Waals surface area contributed by atoms with Crippen molar-refractivity contribution in [3.63, 3.8) is 0 Å². The molecule has 0 spiro atoms. The van der Waals surface area contributed by atoms with Crippen LogP contribution in [0.1, 0.15) is 24.0 Å². The summed E-state index contributed by atoms with van der Waals surface area (Å²) in [4.78, 5) is 0. The van der Waals surface area contributed by atoms with Crippen LogP contribution in [0.5, 0.6) is 5.75 Å². The maximum atomic E-state index is 9.71. The normalized spacial score (nSPS) is 17.2. The van der Waals surface area contributed by atoms with Gasteiger partial charge in [0.1, 0.15) is 5.75 Å². The monoisotopic (exact) mass is 235 g/mol. The lowest BCUT2D eigenvalue weighted by atomic mass is 10.0. The molecule has 94 valence electrons. The number of hydrogen-bond acceptors (Lipinski definition) is 3. The number of ether oxygens (including phenoxy) is 1. The first kappa shape index (κ1) is 12.4. The van der Waals surface area contributed by atoms with E-state index in [4.69, 9.17) is 4.74 Å². The number of aryl methyl sites for hydroxylation is 1. The summed E-state index contributed by atoms with van der Waals surface area (Å²) in [7, 11) is 0. The molecule has 0 unspecified atom stereocenters. The molecule has 0 atom stereocenters. The molecule has 3 nitrogen and oxygen atoms in total. The molecule has 0 radical (unpaired) electrons. The Kier molecular flexibility index (Phi) is 4.40. The summed E-state index contributed by atoms with van der Waals surface area (Å²) in [5, 5.41) is 13.1. The Morgan fingerprint density at radius 1 is 1.35 bits per heavy atom. The minimum Gasteiger partial charge on any atom is -0.508 e. The van der Waals surface area contributed by atoms with E-state index in [2.05, 4.69) is 5.32 Å². The van der Waals surface area contributed by atoms with Gasteiger partial charge in [0.05, 0.1) is 0 Å². The van der Waals surface area contributed by atoms with Crippen molar-refractivity contribution in [2.45, 2.75) is 26.3 Å². The Balaban J connectivity index is 1.79. The average Bonchev–Trinajstić information content (AvgIpc) is 2.35. The summed E-state index contributed by atoms with van der Waals surface area (Å²) in [6.45, 7) is 5.58. The van der Waals surface area contributed by atoms with Gasteiger partial charge in [-0.2, -0.15) is 0 Å². The van der Waals surface area contributed by atoms with Crippen LogP contribution in [0.4, 0.5) is 0 Å². The number of hydrogen-bond donors (Lipinski definition) is 2. The fraction of sp³-hybridized carbons (Fsp3) is 0.571. The van der Waals surface area contributed by atoms with E-state index < -0.39 is 0 Å². The first-order chi connectivity index (χ1) is 8.25. The third-order valence-corrected chi connectivity index (χ3v) is 3.32. The van der Waals surface area contributed by atoms with Crippen LogP contribution in [-0.4, -0.2) is 24.9 Å². The topological polar surface area (TPSA) is 41.5 Å². The maximum Gasteiger partial charge on any atom is 0.120 e. The number of phenols is 1. The third-order valence-electron chi connectivity index (χ3n) is 3.32. The van der Waals surface area contributed by atoms with Gasteiger partial charge in [0, 0.05) is 25.3 Å². The number of rotatable bonds is 4. The van der Waals surface area contributed by atoms with E-state index in [0.717, 1.165) is 50.6 Å². The summed E-state index contributed by atoms with van der Waals surface area (Å²) >= 11 is 0. The van der Waals surface area contributed by atoms with Crippen molar-refractivity contribution in [3.8, 4) is 5.75 Å². The third kappa shape index (κ3) is 3.72.